The van der Waals surface area contributed by atoms with E-state index >= 15 is 0 Å². The van der Waals surface area contributed by atoms with Gasteiger partial charge in [-0.3, -0.25) is 10.1 Å². The average molecular weight is 253 g/mol. The number of rotatable bonds is 6. The van der Waals surface area contributed by atoms with E-state index in [1.54, 1.807) is 31.2 Å². The molecule has 1 unspecified atom stereocenters. The maximum atomic E-state index is 11.4. The molecule has 0 aliphatic heterocycles. The maximum absolute atomic E-state index is 11.4. The Bertz CT molecular complexity index is 415. The lowest BCUT2D eigenvalue weighted by atomic mass is 10.1. The van der Waals surface area contributed by atoms with Crippen molar-refractivity contribution in [3.05, 3.63) is 39.9 Å². The molecule has 0 radical (unpaired) electrons. The number of carbonyl (C=O) groups is 1. The number of nitro groups is 1. The normalized spacial score (nSPS) is 11.7. The molecule has 1 atom stereocenters. The molecule has 0 aliphatic rings. The molecule has 0 saturated carbocycles. The van der Waals surface area contributed by atoms with Crippen molar-refractivity contribution >= 4 is 5.97 Å². The summed E-state index contributed by atoms with van der Waals surface area (Å²) in [5, 5.41) is 10.8. The number of methoxy groups -OCH3 is 1. The molecule has 1 aromatic rings. The lowest BCUT2D eigenvalue weighted by molar-refractivity contribution is -0.510. The van der Waals surface area contributed by atoms with Gasteiger partial charge < -0.3 is 9.47 Å². The van der Waals surface area contributed by atoms with E-state index in [-0.39, 0.29) is 13.0 Å². The van der Waals surface area contributed by atoms with E-state index in [0.717, 1.165) is 0 Å². The molecule has 0 amide bonds. The Morgan fingerprint density at radius 3 is 2.44 bits per heavy atom. The van der Waals surface area contributed by atoms with Gasteiger partial charge in [-0.25, -0.2) is 4.79 Å². The monoisotopic (exact) mass is 253 g/mol. The van der Waals surface area contributed by atoms with Crippen molar-refractivity contribution in [1.29, 1.82) is 0 Å². The summed E-state index contributed by atoms with van der Waals surface area (Å²) in [6.07, 6.45) is 0.00975. The highest BCUT2D eigenvalue weighted by atomic mass is 16.6. The first kappa shape index (κ1) is 14.0. The highest BCUT2D eigenvalue weighted by molar-refractivity contribution is 5.74. The van der Waals surface area contributed by atoms with E-state index in [1.807, 2.05) is 0 Å². The van der Waals surface area contributed by atoms with Crippen LogP contribution >= 0.6 is 0 Å². The second-order valence-corrected chi connectivity index (χ2v) is 3.61. The van der Waals surface area contributed by atoms with Gasteiger partial charge >= 0.3 is 12.0 Å². The SMILES string of the molecule is CCOC(=O)C(Cc1ccc(OC)cc1)[N+](=O)[O-]. The molecule has 0 heterocycles. The van der Waals surface area contributed by atoms with Crippen LogP contribution in [-0.4, -0.2) is 30.7 Å². The summed E-state index contributed by atoms with van der Waals surface area (Å²) in [4.78, 5) is 21.6. The van der Waals surface area contributed by atoms with Crippen molar-refractivity contribution in [3.8, 4) is 5.75 Å². The first-order valence-electron chi connectivity index (χ1n) is 5.51. The fraction of sp³-hybridized carbons (Fsp3) is 0.417. The highest BCUT2D eigenvalue weighted by Gasteiger charge is 2.31. The van der Waals surface area contributed by atoms with Crippen LogP contribution in [0.2, 0.25) is 0 Å². The van der Waals surface area contributed by atoms with E-state index in [0.29, 0.717) is 11.3 Å². The van der Waals surface area contributed by atoms with Gasteiger partial charge in [0.1, 0.15) is 5.75 Å². The van der Waals surface area contributed by atoms with Crippen LogP contribution in [0.4, 0.5) is 0 Å². The Kier molecular flexibility index (Phi) is 5.10. The van der Waals surface area contributed by atoms with E-state index in [2.05, 4.69) is 4.74 Å². The number of ether oxygens (including phenoxy) is 2. The van der Waals surface area contributed by atoms with Crippen LogP contribution in [-0.2, 0) is 16.0 Å². The molecule has 1 aromatic carbocycles. The fourth-order valence-corrected chi connectivity index (χ4v) is 1.47. The summed E-state index contributed by atoms with van der Waals surface area (Å²) in [6, 6.07) is 5.40. The third-order valence-corrected chi connectivity index (χ3v) is 2.40. The largest absolute Gasteiger partial charge is 0.497 e. The van der Waals surface area contributed by atoms with Crippen LogP contribution < -0.4 is 4.74 Å². The Morgan fingerprint density at radius 2 is 2.00 bits per heavy atom. The Hall–Kier alpha value is -2.11. The first-order chi connectivity index (χ1) is 8.58. The molecule has 0 N–H and O–H groups in total. The summed E-state index contributed by atoms with van der Waals surface area (Å²) in [5.41, 5.74) is 0.686. The molecular weight excluding hydrogens is 238 g/mol. The van der Waals surface area contributed by atoms with Gasteiger partial charge in [-0.05, 0) is 24.6 Å². The quantitative estimate of drug-likeness (QED) is 0.435. The van der Waals surface area contributed by atoms with Crippen molar-refractivity contribution in [1.82, 2.24) is 0 Å². The molecule has 0 spiro atoms. The summed E-state index contributed by atoms with van der Waals surface area (Å²) in [7, 11) is 1.54. The number of carbonyl (C=O) groups excluding carboxylic acids is 1. The number of esters is 1. The summed E-state index contributed by atoms with van der Waals surface area (Å²) >= 11 is 0. The molecule has 0 aliphatic carbocycles. The third-order valence-electron chi connectivity index (χ3n) is 2.40. The average Bonchev–Trinajstić information content (AvgIpc) is 2.36. The fourth-order valence-electron chi connectivity index (χ4n) is 1.47. The minimum Gasteiger partial charge on any atom is -0.497 e. The lowest BCUT2D eigenvalue weighted by Gasteiger charge is -2.09. The van der Waals surface area contributed by atoms with Crippen LogP contribution in [0.5, 0.6) is 5.75 Å². The molecule has 0 aromatic heterocycles. The van der Waals surface area contributed by atoms with E-state index in [9.17, 15) is 14.9 Å². The van der Waals surface area contributed by atoms with Gasteiger partial charge in [0.2, 0.25) is 0 Å². The van der Waals surface area contributed by atoms with Gasteiger partial charge in [-0.1, -0.05) is 12.1 Å². The molecule has 1 rings (SSSR count). The van der Waals surface area contributed by atoms with Gasteiger partial charge in [0, 0.05) is 4.92 Å². The summed E-state index contributed by atoms with van der Waals surface area (Å²) in [6.45, 7) is 1.74. The second kappa shape index (κ2) is 6.58. The minimum absolute atomic E-state index is 0.00975. The predicted octanol–water partition coefficient (Wildman–Crippen LogP) is 1.45. The number of hydrogen-bond acceptors (Lipinski definition) is 5. The first-order valence-corrected chi connectivity index (χ1v) is 5.51. The maximum Gasteiger partial charge on any atom is 0.382 e. The van der Waals surface area contributed by atoms with Crippen LogP contribution in [0.15, 0.2) is 24.3 Å². The molecule has 6 nitrogen and oxygen atoms in total. The molecular formula is C12H15NO5. The summed E-state index contributed by atoms with van der Waals surface area (Å²) in [5.74, 6) is -0.147. The van der Waals surface area contributed by atoms with Gasteiger partial charge in [0.15, 0.2) is 0 Å². The van der Waals surface area contributed by atoms with Crippen LogP contribution in [0.1, 0.15) is 12.5 Å². The number of nitrogens with zero attached hydrogens (tertiary/aromatic N) is 1. The zero-order chi connectivity index (χ0) is 13.5. The van der Waals surface area contributed by atoms with Gasteiger partial charge in [-0.2, -0.15) is 0 Å². The lowest BCUT2D eigenvalue weighted by Crippen LogP contribution is -2.33. The van der Waals surface area contributed by atoms with E-state index < -0.39 is 16.9 Å². The third kappa shape index (κ3) is 3.73. The van der Waals surface area contributed by atoms with Gasteiger partial charge in [0.05, 0.1) is 20.1 Å². The van der Waals surface area contributed by atoms with Crippen LogP contribution in [0, 0.1) is 10.1 Å². The predicted molar refractivity (Wildman–Crippen MR) is 64.1 cm³/mol. The van der Waals surface area contributed by atoms with Gasteiger partial charge in [-0.15, -0.1) is 0 Å². The van der Waals surface area contributed by atoms with Crippen molar-refractivity contribution in [2.24, 2.45) is 0 Å². The zero-order valence-electron chi connectivity index (χ0n) is 10.3. The topological polar surface area (TPSA) is 78.7 Å². The molecule has 0 bridgehead atoms. The van der Waals surface area contributed by atoms with Crippen molar-refractivity contribution in [2.45, 2.75) is 19.4 Å². The van der Waals surface area contributed by atoms with Crippen LogP contribution in [0.3, 0.4) is 0 Å². The zero-order valence-corrected chi connectivity index (χ0v) is 10.3. The molecule has 98 valence electrons. The standard InChI is InChI=1S/C12H15NO5/c1-3-18-12(14)11(13(15)16)8-9-4-6-10(17-2)7-5-9/h4-7,11H,3,8H2,1-2H3. The van der Waals surface area contributed by atoms with Crippen LogP contribution in [0.25, 0.3) is 0 Å². The van der Waals surface area contributed by atoms with E-state index in [4.69, 9.17) is 4.74 Å². The Labute approximate surface area is 105 Å². The molecule has 18 heavy (non-hydrogen) atoms. The number of hydrogen-bond donors (Lipinski definition) is 0. The van der Waals surface area contributed by atoms with Crippen molar-refractivity contribution < 1.29 is 19.2 Å². The van der Waals surface area contributed by atoms with Gasteiger partial charge in [0.25, 0.3) is 0 Å². The minimum atomic E-state index is -1.36. The van der Waals surface area contributed by atoms with E-state index in [1.165, 1.54) is 7.11 Å². The molecule has 0 fully saturated rings. The van der Waals surface area contributed by atoms with Crippen molar-refractivity contribution in [2.75, 3.05) is 13.7 Å². The smallest absolute Gasteiger partial charge is 0.382 e. The second-order valence-electron chi connectivity index (χ2n) is 3.61. The Balaban J connectivity index is 2.76. The summed E-state index contributed by atoms with van der Waals surface area (Å²) < 4.78 is 9.66. The molecule has 0 saturated heterocycles. The molecule has 6 heteroatoms. The highest BCUT2D eigenvalue weighted by Crippen LogP contribution is 2.14. The number of benzene rings is 1. The Morgan fingerprint density at radius 1 is 1.39 bits per heavy atom. The van der Waals surface area contributed by atoms with Crippen molar-refractivity contribution in [3.63, 3.8) is 0 Å².